The summed E-state index contributed by atoms with van der Waals surface area (Å²) in [7, 11) is 1.85. The molecule has 0 bridgehead atoms. The summed E-state index contributed by atoms with van der Waals surface area (Å²) >= 11 is 2.79. The van der Waals surface area contributed by atoms with Crippen molar-refractivity contribution in [3.05, 3.63) is 0 Å². The van der Waals surface area contributed by atoms with Gasteiger partial charge in [-0.1, -0.05) is 18.7 Å². The van der Waals surface area contributed by atoms with Gasteiger partial charge in [0, 0.05) is 23.8 Å². The minimum absolute atomic E-state index is 0.110. The molecule has 0 radical (unpaired) electrons. The number of aliphatic hydroxyl groups excluding tert-OH is 1. The molecule has 1 aromatic rings. The fourth-order valence-corrected chi connectivity index (χ4v) is 2.82. The van der Waals surface area contributed by atoms with Gasteiger partial charge in [0.1, 0.15) is 0 Å². The van der Waals surface area contributed by atoms with Crippen LogP contribution < -0.4 is 5.32 Å². The molecule has 0 aliphatic heterocycles. The molecule has 8 heteroatoms. The van der Waals surface area contributed by atoms with E-state index in [1.807, 2.05) is 11.9 Å². The van der Waals surface area contributed by atoms with E-state index >= 15 is 0 Å². The highest BCUT2D eigenvalue weighted by atomic mass is 32.2. The molecule has 2 N–H and O–H groups in total. The van der Waals surface area contributed by atoms with E-state index in [2.05, 4.69) is 21.6 Å². The molecule has 6 nitrogen and oxygen atoms in total. The Labute approximate surface area is 128 Å². The molecule has 1 amide bonds. The van der Waals surface area contributed by atoms with Gasteiger partial charge >= 0.3 is 0 Å². The van der Waals surface area contributed by atoms with Crippen molar-refractivity contribution in [1.29, 1.82) is 0 Å². The number of carbonyl (C=O) groups excluding carboxylic acids is 1. The first kappa shape index (κ1) is 17.4. The van der Waals surface area contributed by atoms with Crippen LogP contribution in [0.1, 0.15) is 26.7 Å². The smallest absolute Gasteiger partial charge is 0.240 e. The van der Waals surface area contributed by atoms with Crippen LogP contribution >= 0.6 is 23.3 Å². The summed E-state index contributed by atoms with van der Waals surface area (Å²) in [6, 6.07) is 0. The van der Waals surface area contributed by atoms with E-state index in [0.29, 0.717) is 18.1 Å². The second-order valence-electron chi connectivity index (χ2n) is 4.65. The summed E-state index contributed by atoms with van der Waals surface area (Å²) in [6.45, 7) is 4.80. The van der Waals surface area contributed by atoms with Crippen LogP contribution in [0.25, 0.3) is 0 Å². The fraction of sp³-hybridized carbons (Fsp3) is 0.750. The minimum Gasteiger partial charge on any atom is -0.393 e. The summed E-state index contributed by atoms with van der Waals surface area (Å²) in [6.07, 6.45) is 1.38. The summed E-state index contributed by atoms with van der Waals surface area (Å²) in [4.78, 5) is 17.9. The third kappa shape index (κ3) is 7.18. The number of likely N-dealkylation sites (N-methyl/N-ethyl adjacent to an activating group) is 1. The van der Waals surface area contributed by atoms with Crippen LogP contribution in [0.5, 0.6) is 0 Å². The number of amides is 1. The van der Waals surface area contributed by atoms with Gasteiger partial charge in [0.15, 0.2) is 0 Å². The molecule has 0 spiro atoms. The first-order valence-corrected chi connectivity index (χ1v) is 8.40. The lowest BCUT2D eigenvalue weighted by Crippen LogP contribution is -2.31. The monoisotopic (exact) mass is 318 g/mol. The number of rotatable bonds is 9. The Bertz CT molecular complexity index is 412. The zero-order chi connectivity index (χ0) is 15.0. The Hall–Kier alpha value is -0.700. The van der Waals surface area contributed by atoms with Gasteiger partial charge < -0.3 is 5.11 Å². The van der Waals surface area contributed by atoms with Gasteiger partial charge in [0.05, 0.1) is 12.6 Å². The minimum atomic E-state index is -0.346. The van der Waals surface area contributed by atoms with E-state index in [4.69, 9.17) is 0 Å². The van der Waals surface area contributed by atoms with Crippen molar-refractivity contribution in [2.75, 3.05) is 31.2 Å². The van der Waals surface area contributed by atoms with Crippen molar-refractivity contribution in [2.24, 2.45) is 0 Å². The number of hydrogen-bond donors (Lipinski definition) is 2. The topological polar surface area (TPSA) is 78.4 Å². The van der Waals surface area contributed by atoms with Gasteiger partial charge in [-0.3, -0.25) is 15.0 Å². The first-order chi connectivity index (χ1) is 9.51. The lowest BCUT2D eigenvalue weighted by atomic mass is 10.3. The predicted molar refractivity (Wildman–Crippen MR) is 83.3 cm³/mol. The maximum atomic E-state index is 11.8. The SMILES string of the molecule is CCCSc1nsc(NC(=O)CN(C)CCC(C)O)n1. The average Bonchev–Trinajstić information content (AvgIpc) is 2.81. The molecule has 0 fully saturated rings. The maximum absolute atomic E-state index is 11.8. The van der Waals surface area contributed by atoms with E-state index in [-0.39, 0.29) is 18.6 Å². The van der Waals surface area contributed by atoms with Gasteiger partial charge in [-0.05, 0) is 26.8 Å². The number of anilines is 1. The van der Waals surface area contributed by atoms with Crippen molar-refractivity contribution in [1.82, 2.24) is 14.3 Å². The van der Waals surface area contributed by atoms with Crippen LogP contribution in [0.15, 0.2) is 5.16 Å². The number of nitrogens with one attached hydrogen (secondary N) is 1. The Morgan fingerprint density at radius 2 is 2.35 bits per heavy atom. The molecular formula is C12H22N4O2S2. The third-order valence-corrected chi connectivity index (χ3v) is 4.23. The molecule has 1 atom stereocenters. The third-order valence-electron chi connectivity index (χ3n) is 2.43. The van der Waals surface area contributed by atoms with E-state index in [1.165, 1.54) is 11.5 Å². The van der Waals surface area contributed by atoms with Gasteiger partial charge in [-0.2, -0.15) is 9.36 Å². The maximum Gasteiger partial charge on any atom is 0.240 e. The van der Waals surface area contributed by atoms with Crippen LogP contribution in [0.4, 0.5) is 5.13 Å². The average molecular weight is 318 g/mol. The molecule has 0 aliphatic carbocycles. The zero-order valence-corrected chi connectivity index (χ0v) is 13.8. The Morgan fingerprint density at radius 3 is 3.00 bits per heavy atom. The lowest BCUT2D eigenvalue weighted by Gasteiger charge is -2.16. The molecule has 114 valence electrons. The first-order valence-electron chi connectivity index (χ1n) is 6.64. The van der Waals surface area contributed by atoms with E-state index in [9.17, 15) is 9.90 Å². The van der Waals surface area contributed by atoms with Crippen LogP contribution in [-0.2, 0) is 4.79 Å². The zero-order valence-electron chi connectivity index (χ0n) is 12.1. The Morgan fingerprint density at radius 1 is 1.60 bits per heavy atom. The highest BCUT2D eigenvalue weighted by molar-refractivity contribution is 7.99. The molecule has 20 heavy (non-hydrogen) atoms. The van der Waals surface area contributed by atoms with E-state index in [1.54, 1.807) is 18.7 Å². The van der Waals surface area contributed by atoms with E-state index < -0.39 is 0 Å². The summed E-state index contributed by atoms with van der Waals surface area (Å²) in [5, 5.41) is 13.2. The number of nitrogens with zero attached hydrogens (tertiary/aromatic N) is 3. The number of aromatic nitrogens is 2. The number of thioether (sulfide) groups is 1. The van der Waals surface area contributed by atoms with E-state index in [0.717, 1.165) is 17.3 Å². The van der Waals surface area contributed by atoms with Crippen LogP contribution in [-0.4, -0.2) is 57.3 Å². The van der Waals surface area contributed by atoms with Crippen molar-refractivity contribution < 1.29 is 9.90 Å². The van der Waals surface area contributed by atoms with Crippen molar-refractivity contribution >= 4 is 34.3 Å². The second-order valence-corrected chi connectivity index (χ2v) is 6.47. The standard InChI is InChI=1S/C12H22N4O2S2/c1-4-7-19-12-14-11(20-15-12)13-10(18)8-16(3)6-5-9(2)17/h9,17H,4-8H2,1-3H3,(H,13,14,15,18). The van der Waals surface area contributed by atoms with Gasteiger partial charge in [0.25, 0.3) is 0 Å². The molecule has 0 aliphatic rings. The highest BCUT2D eigenvalue weighted by Gasteiger charge is 2.11. The van der Waals surface area contributed by atoms with Gasteiger partial charge in [-0.15, -0.1) is 0 Å². The largest absolute Gasteiger partial charge is 0.393 e. The van der Waals surface area contributed by atoms with Crippen molar-refractivity contribution in [3.8, 4) is 0 Å². The molecule has 1 aromatic heterocycles. The number of carbonyl (C=O) groups is 1. The molecule has 1 unspecified atom stereocenters. The molecule has 1 heterocycles. The van der Waals surface area contributed by atoms with Gasteiger partial charge in [-0.25, -0.2) is 0 Å². The number of hydrogen-bond acceptors (Lipinski definition) is 7. The van der Waals surface area contributed by atoms with Gasteiger partial charge in [0.2, 0.25) is 16.2 Å². The van der Waals surface area contributed by atoms with Crippen LogP contribution in [0.3, 0.4) is 0 Å². The summed E-state index contributed by atoms with van der Waals surface area (Å²) in [5.41, 5.74) is 0. The summed E-state index contributed by atoms with van der Waals surface area (Å²) in [5.74, 6) is 0.868. The van der Waals surface area contributed by atoms with Crippen LogP contribution in [0.2, 0.25) is 0 Å². The van der Waals surface area contributed by atoms with Crippen molar-refractivity contribution in [3.63, 3.8) is 0 Å². The summed E-state index contributed by atoms with van der Waals surface area (Å²) < 4.78 is 4.18. The number of aliphatic hydroxyl groups is 1. The highest BCUT2D eigenvalue weighted by Crippen LogP contribution is 2.20. The normalized spacial score (nSPS) is 12.7. The fourth-order valence-electron chi connectivity index (χ4n) is 1.40. The van der Waals surface area contributed by atoms with Crippen molar-refractivity contribution in [2.45, 2.75) is 37.9 Å². The lowest BCUT2D eigenvalue weighted by molar-refractivity contribution is -0.117. The Balaban J connectivity index is 2.32. The molecule has 0 aromatic carbocycles. The molecule has 0 saturated carbocycles. The second kappa shape index (κ2) is 9.28. The molecular weight excluding hydrogens is 296 g/mol. The molecule has 1 rings (SSSR count). The van der Waals surface area contributed by atoms with Crippen LogP contribution in [0, 0.1) is 0 Å². The quantitative estimate of drug-likeness (QED) is 0.675. The Kier molecular flexibility index (Phi) is 8.05. The predicted octanol–water partition coefficient (Wildman–Crippen LogP) is 1.68. The molecule has 0 saturated heterocycles.